The van der Waals surface area contributed by atoms with Crippen molar-refractivity contribution in [3.63, 3.8) is 0 Å². The van der Waals surface area contributed by atoms with E-state index in [0.717, 1.165) is 6.07 Å². The summed E-state index contributed by atoms with van der Waals surface area (Å²) in [5.41, 5.74) is -2.60. The number of rotatable bonds is 1. The van der Waals surface area contributed by atoms with Crippen molar-refractivity contribution in [2.24, 2.45) is 0 Å². The Morgan fingerprint density at radius 3 is 1.56 bits per heavy atom. The molecule has 0 aliphatic carbocycles. The predicted octanol–water partition coefficient (Wildman–Crippen LogP) is 3.51. The molecule has 0 saturated carbocycles. The van der Waals surface area contributed by atoms with Crippen molar-refractivity contribution in [3.8, 4) is 0 Å². The van der Waals surface area contributed by atoms with Gasteiger partial charge in [0.25, 0.3) is 6.47 Å². The van der Waals surface area contributed by atoms with Crippen LogP contribution in [0.2, 0.25) is 0 Å². The summed E-state index contributed by atoms with van der Waals surface area (Å²) in [4.78, 5) is 8.95. The maximum atomic E-state index is 12.0. The molecule has 0 aliphatic heterocycles. The summed E-state index contributed by atoms with van der Waals surface area (Å²) in [5.74, 6) is 0. The van der Waals surface area contributed by atoms with Gasteiger partial charge in [-0.15, -0.1) is 0 Å². The van der Waals surface area contributed by atoms with Crippen molar-refractivity contribution in [1.29, 1.82) is 0 Å². The molecule has 0 heterocycles. The van der Waals surface area contributed by atoms with Gasteiger partial charge in [-0.3, -0.25) is 4.79 Å². The smallest absolute Gasteiger partial charge is 0.416 e. The van der Waals surface area contributed by atoms with Crippen LogP contribution < -0.4 is 0 Å². The van der Waals surface area contributed by atoms with Gasteiger partial charge in [0, 0.05) is 0 Å². The number of carbonyl (C=O) groups excluding carboxylic acids is 1. The number of halogens is 6. The molecule has 0 aliphatic rings. The van der Waals surface area contributed by atoms with Gasteiger partial charge in [0.05, 0.1) is 18.2 Å². The van der Waals surface area contributed by atoms with Gasteiger partial charge in [0.15, 0.2) is 0 Å². The van der Waals surface area contributed by atoms with E-state index in [1.165, 1.54) is 7.11 Å². The van der Waals surface area contributed by atoms with Gasteiger partial charge in [-0.25, -0.2) is 0 Å². The van der Waals surface area contributed by atoms with Crippen LogP contribution in [0.25, 0.3) is 0 Å². The zero-order valence-electron chi connectivity index (χ0n) is 8.97. The Labute approximate surface area is 98.2 Å². The molecule has 8 heteroatoms. The molecular formula is C10H8F6O2. The van der Waals surface area contributed by atoms with E-state index in [9.17, 15) is 26.3 Å². The minimum atomic E-state index is -4.75. The van der Waals surface area contributed by atoms with Gasteiger partial charge < -0.3 is 4.74 Å². The quantitative estimate of drug-likeness (QED) is 0.578. The number of alkyl halides is 6. The van der Waals surface area contributed by atoms with Gasteiger partial charge in [-0.1, -0.05) is 6.07 Å². The normalized spacial score (nSPS) is 11.3. The van der Waals surface area contributed by atoms with Crippen molar-refractivity contribution >= 4 is 6.47 Å². The molecular weight excluding hydrogens is 266 g/mol. The lowest BCUT2D eigenvalue weighted by atomic mass is 10.1. The molecule has 0 fully saturated rings. The van der Waals surface area contributed by atoms with Crippen LogP contribution in [0.1, 0.15) is 11.1 Å². The van der Waals surface area contributed by atoms with Gasteiger partial charge in [-0.05, 0) is 18.2 Å². The first-order chi connectivity index (χ1) is 8.12. The molecule has 0 saturated heterocycles. The average Bonchev–Trinajstić information content (AvgIpc) is 2.27. The Hall–Kier alpha value is -1.73. The van der Waals surface area contributed by atoms with Crippen molar-refractivity contribution in [3.05, 3.63) is 35.4 Å². The maximum absolute atomic E-state index is 12.0. The van der Waals surface area contributed by atoms with Crippen LogP contribution in [0.5, 0.6) is 0 Å². The van der Waals surface area contributed by atoms with Crippen molar-refractivity contribution in [1.82, 2.24) is 0 Å². The zero-order valence-corrected chi connectivity index (χ0v) is 8.97. The second-order valence-electron chi connectivity index (χ2n) is 2.91. The van der Waals surface area contributed by atoms with Crippen LogP contribution in [0.15, 0.2) is 24.3 Å². The first-order valence-corrected chi connectivity index (χ1v) is 4.33. The molecule has 0 atom stereocenters. The minimum Gasteiger partial charge on any atom is -0.471 e. The Balaban J connectivity index is 0.000000631. The SMILES string of the molecule is COC=O.FC(F)(F)c1cccc(C(F)(F)F)c1. The minimum absolute atomic E-state index is 0.0833. The Kier molecular flexibility index (Phi) is 5.67. The molecule has 0 aromatic heterocycles. The Morgan fingerprint density at radius 1 is 1.00 bits per heavy atom. The van der Waals surface area contributed by atoms with E-state index in [1.54, 1.807) is 0 Å². The third-order valence-electron chi connectivity index (χ3n) is 1.61. The molecule has 0 radical (unpaired) electrons. The van der Waals surface area contributed by atoms with E-state index in [-0.39, 0.29) is 6.07 Å². The highest BCUT2D eigenvalue weighted by Crippen LogP contribution is 2.34. The number of hydrogen-bond donors (Lipinski definition) is 0. The second kappa shape index (κ2) is 6.27. The standard InChI is InChI=1S/C8H4F6.C2H4O2/c9-7(10,11)5-2-1-3-6(4-5)8(12,13)14;1-4-2-3/h1-4H;2H,1H3. The fourth-order valence-corrected chi connectivity index (χ4v) is 0.872. The van der Waals surface area contributed by atoms with Crippen molar-refractivity contribution < 1.29 is 35.9 Å². The summed E-state index contributed by atoms with van der Waals surface area (Å²) in [6.07, 6.45) is -9.50. The van der Waals surface area contributed by atoms with Crippen LogP contribution in [-0.2, 0) is 21.9 Å². The van der Waals surface area contributed by atoms with E-state index in [4.69, 9.17) is 4.79 Å². The Morgan fingerprint density at radius 2 is 1.33 bits per heavy atom. The molecule has 0 spiro atoms. The summed E-state index contributed by atoms with van der Waals surface area (Å²) >= 11 is 0. The monoisotopic (exact) mass is 274 g/mol. The van der Waals surface area contributed by atoms with Crippen molar-refractivity contribution in [2.75, 3.05) is 7.11 Å². The summed E-state index contributed by atoms with van der Waals surface area (Å²) in [6, 6.07) is 2.00. The number of carbonyl (C=O) groups is 1. The maximum Gasteiger partial charge on any atom is 0.416 e. The number of methoxy groups -OCH3 is 1. The van der Waals surface area contributed by atoms with Crippen LogP contribution in [0.3, 0.4) is 0 Å². The molecule has 0 unspecified atom stereocenters. The first-order valence-electron chi connectivity index (χ1n) is 4.33. The summed E-state index contributed by atoms with van der Waals surface area (Å²) < 4.78 is 75.8. The second-order valence-corrected chi connectivity index (χ2v) is 2.91. The summed E-state index contributed by atoms with van der Waals surface area (Å²) in [7, 11) is 1.31. The number of ether oxygens (including phenoxy) is 1. The van der Waals surface area contributed by atoms with E-state index in [2.05, 4.69) is 4.74 Å². The third kappa shape index (κ3) is 5.55. The molecule has 1 aromatic rings. The first kappa shape index (κ1) is 16.3. The van der Waals surface area contributed by atoms with E-state index < -0.39 is 23.5 Å². The zero-order chi connectivity index (χ0) is 14.4. The average molecular weight is 274 g/mol. The molecule has 0 N–H and O–H groups in total. The largest absolute Gasteiger partial charge is 0.471 e. The van der Waals surface area contributed by atoms with Crippen LogP contribution in [-0.4, -0.2) is 13.6 Å². The molecule has 1 aromatic carbocycles. The molecule has 0 amide bonds. The summed E-state index contributed by atoms with van der Waals surface area (Å²) in [5, 5.41) is 0. The molecule has 102 valence electrons. The fraction of sp³-hybridized carbons (Fsp3) is 0.300. The van der Waals surface area contributed by atoms with Crippen LogP contribution in [0, 0.1) is 0 Å². The van der Waals surface area contributed by atoms with Crippen LogP contribution >= 0.6 is 0 Å². The highest BCUT2D eigenvalue weighted by atomic mass is 19.4. The molecule has 1 rings (SSSR count). The van der Waals surface area contributed by atoms with Gasteiger partial charge in [-0.2, -0.15) is 26.3 Å². The van der Waals surface area contributed by atoms with Crippen molar-refractivity contribution in [2.45, 2.75) is 12.4 Å². The van der Waals surface area contributed by atoms with Gasteiger partial charge >= 0.3 is 12.4 Å². The lowest BCUT2D eigenvalue weighted by Gasteiger charge is -2.10. The topological polar surface area (TPSA) is 26.3 Å². The molecule has 2 nitrogen and oxygen atoms in total. The number of benzene rings is 1. The Bertz CT molecular complexity index is 353. The van der Waals surface area contributed by atoms with Gasteiger partial charge in [0.2, 0.25) is 0 Å². The molecule has 18 heavy (non-hydrogen) atoms. The number of hydrogen-bond acceptors (Lipinski definition) is 2. The third-order valence-corrected chi connectivity index (χ3v) is 1.61. The predicted molar refractivity (Wildman–Crippen MR) is 49.5 cm³/mol. The van der Waals surface area contributed by atoms with Crippen LogP contribution in [0.4, 0.5) is 26.3 Å². The lowest BCUT2D eigenvalue weighted by molar-refractivity contribution is -0.143. The summed E-state index contributed by atoms with van der Waals surface area (Å²) in [6.45, 7) is 0.375. The fourth-order valence-electron chi connectivity index (χ4n) is 0.872. The van der Waals surface area contributed by atoms with E-state index >= 15 is 0 Å². The van der Waals surface area contributed by atoms with E-state index in [0.29, 0.717) is 18.6 Å². The van der Waals surface area contributed by atoms with E-state index in [1.807, 2.05) is 0 Å². The highest BCUT2D eigenvalue weighted by Gasteiger charge is 2.35. The lowest BCUT2D eigenvalue weighted by Crippen LogP contribution is -2.09. The molecule has 0 bridgehead atoms. The van der Waals surface area contributed by atoms with Gasteiger partial charge in [0.1, 0.15) is 0 Å². The highest BCUT2D eigenvalue weighted by molar-refractivity contribution is 5.36.